The molecule has 0 saturated heterocycles. The van der Waals surface area contributed by atoms with Crippen LogP contribution in [0.1, 0.15) is 41.7 Å². The largest absolute Gasteiger partial charge is 0.489 e. The Morgan fingerprint density at radius 3 is 2.78 bits per heavy atom. The number of amides is 1. The number of ether oxygens (including phenoxy) is 1. The Kier molecular flexibility index (Phi) is 4.79. The number of aromatic nitrogens is 3. The smallest absolute Gasteiger partial charge is 0.251 e. The molecule has 1 fully saturated rings. The van der Waals surface area contributed by atoms with E-state index in [9.17, 15) is 4.79 Å². The fourth-order valence-electron chi connectivity index (χ4n) is 3.64. The van der Waals surface area contributed by atoms with E-state index in [2.05, 4.69) is 15.3 Å². The van der Waals surface area contributed by atoms with Gasteiger partial charge in [-0.05, 0) is 62.9 Å². The number of imidazole rings is 1. The third-order valence-corrected chi connectivity index (χ3v) is 5.25. The van der Waals surface area contributed by atoms with Gasteiger partial charge in [-0.1, -0.05) is 0 Å². The number of hydrogen-bond acceptors (Lipinski definition) is 4. The molecular weight excluding hydrogens is 340 g/mol. The van der Waals surface area contributed by atoms with Crippen molar-refractivity contribution in [3.8, 4) is 5.75 Å². The van der Waals surface area contributed by atoms with Crippen molar-refractivity contribution in [2.24, 2.45) is 7.05 Å². The zero-order valence-corrected chi connectivity index (χ0v) is 15.7. The van der Waals surface area contributed by atoms with Crippen LogP contribution in [0.15, 0.2) is 42.9 Å². The van der Waals surface area contributed by atoms with Crippen molar-refractivity contribution in [3.05, 3.63) is 54.1 Å². The molecule has 1 N–H and O–H groups in total. The molecule has 0 bridgehead atoms. The van der Waals surface area contributed by atoms with Crippen molar-refractivity contribution in [2.75, 3.05) is 0 Å². The van der Waals surface area contributed by atoms with Gasteiger partial charge in [0, 0.05) is 24.8 Å². The maximum atomic E-state index is 12.6. The molecule has 2 aromatic heterocycles. The predicted octanol–water partition coefficient (Wildman–Crippen LogP) is 3.40. The van der Waals surface area contributed by atoms with Crippen LogP contribution in [0.3, 0.4) is 0 Å². The second-order valence-electron chi connectivity index (χ2n) is 7.21. The molecule has 6 nitrogen and oxygen atoms in total. The summed E-state index contributed by atoms with van der Waals surface area (Å²) >= 11 is 0. The fraction of sp³-hybridized carbons (Fsp3) is 0.381. The van der Waals surface area contributed by atoms with Crippen LogP contribution in [0.2, 0.25) is 0 Å². The normalized spacial score (nSPS) is 19.8. The second kappa shape index (κ2) is 7.39. The molecule has 0 atom stereocenters. The number of carbonyl (C=O) groups excluding carboxylic acids is 1. The number of aryl methyl sites for hydroxylation is 2. The molecule has 140 valence electrons. The molecule has 0 radical (unpaired) electrons. The van der Waals surface area contributed by atoms with Crippen LogP contribution >= 0.6 is 0 Å². The zero-order chi connectivity index (χ0) is 18.8. The third kappa shape index (κ3) is 3.79. The Morgan fingerprint density at radius 1 is 1.19 bits per heavy atom. The van der Waals surface area contributed by atoms with E-state index in [0.29, 0.717) is 5.56 Å². The lowest BCUT2D eigenvalue weighted by Gasteiger charge is -2.29. The van der Waals surface area contributed by atoms with Crippen molar-refractivity contribution in [3.63, 3.8) is 0 Å². The summed E-state index contributed by atoms with van der Waals surface area (Å²) in [7, 11) is 1.95. The summed E-state index contributed by atoms with van der Waals surface area (Å²) in [6.07, 6.45) is 7.42. The van der Waals surface area contributed by atoms with Gasteiger partial charge in [0.1, 0.15) is 5.75 Å². The fourth-order valence-corrected chi connectivity index (χ4v) is 3.64. The van der Waals surface area contributed by atoms with Crippen LogP contribution in [0.25, 0.3) is 11.0 Å². The Labute approximate surface area is 158 Å². The number of pyridine rings is 1. The minimum atomic E-state index is -0.0324. The van der Waals surface area contributed by atoms with Gasteiger partial charge < -0.3 is 14.6 Å². The molecule has 0 aliphatic heterocycles. The average molecular weight is 364 g/mol. The molecule has 4 rings (SSSR count). The lowest BCUT2D eigenvalue weighted by Crippen LogP contribution is -2.39. The van der Waals surface area contributed by atoms with Crippen molar-refractivity contribution in [1.29, 1.82) is 0 Å². The monoisotopic (exact) mass is 364 g/mol. The molecule has 1 aliphatic rings. The highest BCUT2D eigenvalue weighted by molar-refractivity contribution is 5.97. The molecule has 2 heterocycles. The van der Waals surface area contributed by atoms with Crippen molar-refractivity contribution < 1.29 is 9.53 Å². The first kappa shape index (κ1) is 17.5. The first-order valence-corrected chi connectivity index (χ1v) is 9.40. The van der Waals surface area contributed by atoms with Crippen LogP contribution < -0.4 is 10.1 Å². The second-order valence-corrected chi connectivity index (χ2v) is 7.21. The Morgan fingerprint density at radius 2 is 2.00 bits per heavy atom. The lowest BCUT2D eigenvalue weighted by atomic mass is 9.92. The van der Waals surface area contributed by atoms with Gasteiger partial charge in [0.05, 0.1) is 29.2 Å². The summed E-state index contributed by atoms with van der Waals surface area (Å²) in [6.45, 7) is 1.96. The Balaban J connectivity index is 1.33. The SMILES string of the molecule is Cc1ncccc1OC1CCC(NC(=O)c2ccc3c(c2)ncn3C)CC1. The number of nitrogens with zero attached hydrogens (tertiary/aromatic N) is 3. The number of rotatable bonds is 4. The lowest BCUT2D eigenvalue weighted by molar-refractivity contribution is 0.0893. The molecule has 3 aromatic rings. The highest BCUT2D eigenvalue weighted by atomic mass is 16.5. The molecule has 1 amide bonds. The summed E-state index contributed by atoms with van der Waals surface area (Å²) in [6, 6.07) is 9.70. The van der Waals surface area contributed by atoms with Crippen molar-refractivity contribution in [1.82, 2.24) is 19.9 Å². The van der Waals surface area contributed by atoms with Gasteiger partial charge >= 0.3 is 0 Å². The van der Waals surface area contributed by atoms with E-state index in [1.807, 2.05) is 48.9 Å². The first-order valence-electron chi connectivity index (χ1n) is 9.40. The first-order chi connectivity index (χ1) is 13.1. The molecule has 27 heavy (non-hydrogen) atoms. The number of hydrogen-bond donors (Lipinski definition) is 1. The van der Waals surface area contributed by atoms with Crippen LogP contribution in [0, 0.1) is 6.92 Å². The van der Waals surface area contributed by atoms with E-state index >= 15 is 0 Å². The van der Waals surface area contributed by atoms with E-state index in [1.54, 1.807) is 12.5 Å². The van der Waals surface area contributed by atoms with Gasteiger partial charge in [-0.2, -0.15) is 0 Å². The highest BCUT2D eigenvalue weighted by Crippen LogP contribution is 2.25. The van der Waals surface area contributed by atoms with Crippen LogP contribution in [-0.2, 0) is 7.05 Å². The molecule has 1 aromatic carbocycles. The van der Waals surface area contributed by atoms with Gasteiger partial charge in [0.2, 0.25) is 0 Å². The van der Waals surface area contributed by atoms with Gasteiger partial charge in [-0.15, -0.1) is 0 Å². The maximum Gasteiger partial charge on any atom is 0.251 e. The minimum Gasteiger partial charge on any atom is -0.489 e. The predicted molar refractivity (Wildman–Crippen MR) is 104 cm³/mol. The molecule has 0 unspecified atom stereocenters. The van der Waals surface area contributed by atoms with Gasteiger partial charge in [-0.25, -0.2) is 4.98 Å². The summed E-state index contributed by atoms with van der Waals surface area (Å²) in [5.74, 6) is 0.823. The average Bonchev–Trinajstić information content (AvgIpc) is 3.05. The van der Waals surface area contributed by atoms with Gasteiger partial charge in [0.25, 0.3) is 5.91 Å². The number of fused-ring (bicyclic) bond motifs is 1. The quantitative estimate of drug-likeness (QED) is 0.770. The third-order valence-electron chi connectivity index (χ3n) is 5.25. The molecule has 0 spiro atoms. The molecular formula is C21H24N4O2. The van der Waals surface area contributed by atoms with E-state index in [-0.39, 0.29) is 18.1 Å². The molecule has 1 saturated carbocycles. The van der Waals surface area contributed by atoms with E-state index in [4.69, 9.17) is 4.74 Å². The van der Waals surface area contributed by atoms with Crippen LogP contribution in [-0.4, -0.2) is 32.6 Å². The van der Waals surface area contributed by atoms with E-state index < -0.39 is 0 Å². The number of benzene rings is 1. The number of nitrogens with one attached hydrogen (secondary N) is 1. The summed E-state index contributed by atoms with van der Waals surface area (Å²) in [4.78, 5) is 21.2. The molecule has 6 heteroatoms. The standard InChI is InChI=1S/C21H24N4O2/c1-14-20(4-3-11-22-14)27-17-8-6-16(7-9-17)24-21(26)15-5-10-19-18(12-15)23-13-25(19)2/h3-5,10-13,16-17H,6-9H2,1-2H3,(H,24,26). The molecule has 1 aliphatic carbocycles. The van der Waals surface area contributed by atoms with Gasteiger partial charge in [0.15, 0.2) is 0 Å². The summed E-state index contributed by atoms with van der Waals surface area (Å²) < 4.78 is 8.04. The Hall–Kier alpha value is -2.89. The highest BCUT2D eigenvalue weighted by Gasteiger charge is 2.24. The van der Waals surface area contributed by atoms with Crippen molar-refractivity contribution >= 4 is 16.9 Å². The summed E-state index contributed by atoms with van der Waals surface area (Å²) in [5.41, 5.74) is 3.44. The Bertz CT molecular complexity index is 958. The summed E-state index contributed by atoms with van der Waals surface area (Å²) in [5, 5.41) is 3.16. The van der Waals surface area contributed by atoms with E-state index in [1.165, 1.54) is 0 Å². The number of carbonyl (C=O) groups is 1. The van der Waals surface area contributed by atoms with Crippen LogP contribution in [0.4, 0.5) is 0 Å². The topological polar surface area (TPSA) is 69.0 Å². The maximum absolute atomic E-state index is 12.6. The zero-order valence-electron chi connectivity index (χ0n) is 15.7. The van der Waals surface area contributed by atoms with Crippen molar-refractivity contribution in [2.45, 2.75) is 44.8 Å². The minimum absolute atomic E-state index is 0.0324. The van der Waals surface area contributed by atoms with Gasteiger partial charge in [-0.3, -0.25) is 9.78 Å². The van der Waals surface area contributed by atoms with E-state index in [0.717, 1.165) is 48.2 Å². The van der Waals surface area contributed by atoms with Crippen LogP contribution in [0.5, 0.6) is 5.75 Å².